The summed E-state index contributed by atoms with van der Waals surface area (Å²) in [4.78, 5) is 23.6. The van der Waals surface area contributed by atoms with Gasteiger partial charge in [-0.1, -0.05) is 0 Å². The molecule has 0 bridgehead atoms. The molecule has 1 aliphatic rings. The van der Waals surface area contributed by atoms with Crippen LogP contribution >= 0.6 is 0 Å². The molecule has 1 aliphatic heterocycles. The van der Waals surface area contributed by atoms with Gasteiger partial charge < -0.3 is 10.4 Å². The quantitative estimate of drug-likeness (QED) is 0.774. The zero-order valence-electron chi connectivity index (χ0n) is 11.1. The summed E-state index contributed by atoms with van der Waals surface area (Å²) < 4.78 is 35.8. The number of nitrogens with one attached hydrogen (secondary N) is 1. The minimum atomic E-state index is -4.39. The molecule has 0 spiro atoms. The zero-order valence-corrected chi connectivity index (χ0v) is 11.1. The molecule has 116 valence electrons. The van der Waals surface area contributed by atoms with Crippen LogP contribution in [0, 0.1) is 5.92 Å². The molecule has 5 nitrogen and oxygen atoms in total. The fraction of sp³-hybridized carbons (Fsp3) is 0.833. The highest BCUT2D eigenvalue weighted by atomic mass is 19.4. The second-order valence-corrected chi connectivity index (χ2v) is 5.04. The van der Waals surface area contributed by atoms with Gasteiger partial charge >= 0.3 is 12.1 Å². The van der Waals surface area contributed by atoms with Crippen molar-refractivity contribution in [3.8, 4) is 0 Å². The van der Waals surface area contributed by atoms with E-state index in [-0.39, 0.29) is 13.0 Å². The number of carboxylic acid groups (broad SMARTS) is 1. The van der Waals surface area contributed by atoms with Crippen LogP contribution in [0.5, 0.6) is 0 Å². The summed E-state index contributed by atoms with van der Waals surface area (Å²) in [5.74, 6) is -1.13. The Labute approximate surface area is 115 Å². The Morgan fingerprint density at radius 2 is 1.85 bits per heavy atom. The lowest BCUT2D eigenvalue weighted by molar-refractivity contribution is -0.139. The number of rotatable bonds is 6. The zero-order chi connectivity index (χ0) is 15.2. The Hall–Kier alpha value is -1.31. The molecule has 1 fully saturated rings. The second kappa shape index (κ2) is 7.47. The van der Waals surface area contributed by atoms with E-state index in [0.29, 0.717) is 25.4 Å². The van der Waals surface area contributed by atoms with E-state index in [1.54, 1.807) is 4.90 Å². The van der Waals surface area contributed by atoms with Crippen LogP contribution in [-0.4, -0.2) is 54.2 Å². The van der Waals surface area contributed by atoms with Crippen molar-refractivity contribution in [1.29, 1.82) is 0 Å². The molecular weight excluding hydrogens is 277 g/mol. The third kappa shape index (κ3) is 7.32. The summed E-state index contributed by atoms with van der Waals surface area (Å²) in [6.45, 7) is -0.115. The highest BCUT2D eigenvalue weighted by Gasteiger charge is 2.28. The van der Waals surface area contributed by atoms with Crippen molar-refractivity contribution in [3.05, 3.63) is 0 Å². The van der Waals surface area contributed by atoms with Gasteiger partial charge in [0.25, 0.3) is 0 Å². The van der Waals surface area contributed by atoms with Crippen molar-refractivity contribution in [2.24, 2.45) is 5.92 Å². The SMILES string of the molecule is O=C(O)CCC1CCN(CC(=O)NCC(F)(F)F)CC1. The standard InChI is InChI=1S/C12H19F3N2O3/c13-12(14,15)8-16-10(18)7-17-5-3-9(4-6-17)1-2-11(19)20/h9H,1-8H2,(H,16,18)(H,19,20). The normalized spacial score (nSPS) is 17.9. The monoisotopic (exact) mass is 296 g/mol. The maximum absolute atomic E-state index is 11.9. The molecule has 0 aromatic carbocycles. The summed E-state index contributed by atoms with van der Waals surface area (Å²) in [5.41, 5.74) is 0. The fourth-order valence-corrected chi connectivity index (χ4v) is 2.22. The van der Waals surface area contributed by atoms with Gasteiger partial charge in [-0.25, -0.2) is 0 Å². The Morgan fingerprint density at radius 1 is 1.25 bits per heavy atom. The molecule has 1 heterocycles. The van der Waals surface area contributed by atoms with Gasteiger partial charge in [-0.05, 0) is 38.3 Å². The van der Waals surface area contributed by atoms with E-state index in [4.69, 9.17) is 5.11 Å². The second-order valence-electron chi connectivity index (χ2n) is 5.04. The van der Waals surface area contributed by atoms with E-state index >= 15 is 0 Å². The van der Waals surface area contributed by atoms with Gasteiger partial charge in [0.15, 0.2) is 0 Å². The Morgan fingerprint density at radius 3 is 2.35 bits per heavy atom. The number of alkyl halides is 3. The van der Waals surface area contributed by atoms with Crippen LogP contribution in [0.15, 0.2) is 0 Å². The summed E-state index contributed by atoms with van der Waals surface area (Å²) in [7, 11) is 0. The molecule has 1 amide bonds. The predicted octanol–water partition coefficient (Wildman–Crippen LogP) is 1.24. The van der Waals surface area contributed by atoms with Gasteiger partial charge in [-0.15, -0.1) is 0 Å². The Kier molecular flexibility index (Phi) is 6.25. The van der Waals surface area contributed by atoms with Gasteiger partial charge in [0.2, 0.25) is 5.91 Å². The minimum Gasteiger partial charge on any atom is -0.481 e. The van der Waals surface area contributed by atoms with Crippen molar-refractivity contribution >= 4 is 11.9 Å². The number of hydrogen-bond donors (Lipinski definition) is 2. The number of aliphatic carboxylic acids is 1. The number of carboxylic acids is 1. The van der Waals surface area contributed by atoms with Crippen LogP contribution in [0.1, 0.15) is 25.7 Å². The molecule has 0 aromatic heterocycles. The van der Waals surface area contributed by atoms with Crippen molar-refractivity contribution in [2.75, 3.05) is 26.2 Å². The van der Waals surface area contributed by atoms with E-state index < -0.39 is 24.6 Å². The molecule has 1 rings (SSSR count). The van der Waals surface area contributed by atoms with Crippen molar-refractivity contribution in [3.63, 3.8) is 0 Å². The summed E-state index contributed by atoms with van der Waals surface area (Å²) >= 11 is 0. The van der Waals surface area contributed by atoms with E-state index in [1.807, 2.05) is 5.32 Å². The summed E-state index contributed by atoms with van der Waals surface area (Å²) in [5, 5.41) is 10.4. The topological polar surface area (TPSA) is 69.6 Å². The highest BCUT2D eigenvalue weighted by molar-refractivity contribution is 5.78. The molecule has 0 aliphatic carbocycles. The van der Waals surface area contributed by atoms with Crippen LogP contribution in [0.4, 0.5) is 13.2 Å². The largest absolute Gasteiger partial charge is 0.481 e. The molecule has 0 saturated carbocycles. The molecular formula is C12H19F3N2O3. The smallest absolute Gasteiger partial charge is 0.405 e. The van der Waals surface area contributed by atoms with Gasteiger partial charge in [-0.2, -0.15) is 13.2 Å². The highest BCUT2D eigenvalue weighted by Crippen LogP contribution is 2.21. The first kappa shape index (κ1) is 16.7. The molecule has 8 heteroatoms. The van der Waals surface area contributed by atoms with E-state index in [9.17, 15) is 22.8 Å². The lowest BCUT2D eigenvalue weighted by Gasteiger charge is -2.31. The molecule has 20 heavy (non-hydrogen) atoms. The van der Waals surface area contributed by atoms with Crippen LogP contribution in [0.25, 0.3) is 0 Å². The summed E-state index contributed by atoms with van der Waals surface area (Å²) in [6, 6.07) is 0. The van der Waals surface area contributed by atoms with E-state index in [1.165, 1.54) is 0 Å². The first-order valence-corrected chi connectivity index (χ1v) is 6.54. The number of carbonyl (C=O) groups excluding carboxylic acids is 1. The van der Waals surface area contributed by atoms with Crippen molar-refractivity contribution < 1.29 is 27.9 Å². The summed E-state index contributed by atoms with van der Waals surface area (Å²) in [6.07, 6.45) is -2.08. The molecule has 2 N–H and O–H groups in total. The number of halogens is 3. The van der Waals surface area contributed by atoms with Crippen molar-refractivity contribution in [2.45, 2.75) is 31.9 Å². The minimum absolute atomic E-state index is 0.0399. The lowest BCUT2D eigenvalue weighted by atomic mass is 9.92. The first-order valence-electron chi connectivity index (χ1n) is 6.54. The van der Waals surface area contributed by atoms with E-state index in [2.05, 4.69) is 0 Å². The maximum Gasteiger partial charge on any atom is 0.405 e. The average molecular weight is 296 g/mol. The van der Waals surface area contributed by atoms with Gasteiger partial charge in [0.05, 0.1) is 6.54 Å². The van der Waals surface area contributed by atoms with Gasteiger partial charge in [-0.3, -0.25) is 14.5 Å². The molecule has 0 aromatic rings. The molecule has 0 atom stereocenters. The number of amides is 1. The maximum atomic E-state index is 11.9. The Balaban J connectivity index is 2.18. The van der Waals surface area contributed by atoms with Crippen LogP contribution in [-0.2, 0) is 9.59 Å². The molecule has 1 saturated heterocycles. The Bertz CT molecular complexity index is 339. The lowest BCUT2D eigenvalue weighted by Crippen LogP contribution is -2.43. The first-order chi connectivity index (χ1) is 9.26. The number of piperidine rings is 1. The molecule has 0 unspecified atom stereocenters. The van der Waals surface area contributed by atoms with Crippen LogP contribution in [0.3, 0.4) is 0 Å². The molecule has 0 radical (unpaired) electrons. The van der Waals surface area contributed by atoms with Crippen molar-refractivity contribution in [1.82, 2.24) is 10.2 Å². The number of nitrogens with zero attached hydrogens (tertiary/aromatic N) is 1. The average Bonchev–Trinajstić information content (AvgIpc) is 2.35. The van der Waals surface area contributed by atoms with E-state index in [0.717, 1.165) is 12.8 Å². The third-order valence-corrected chi connectivity index (χ3v) is 3.33. The number of carbonyl (C=O) groups is 2. The fourth-order valence-electron chi connectivity index (χ4n) is 2.22. The van der Waals surface area contributed by atoms with Crippen LogP contribution < -0.4 is 5.32 Å². The number of likely N-dealkylation sites (tertiary alicyclic amines) is 1. The van der Waals surface area contributed by atoms with Crippen LogP contribution in [0.2, 0.25) is 0 Å². The van der Waals surface area contributed by atoms with Gasteiger partial charge in [0.1, 0.15) is 6.54 Å². The number of hydrogen-bond acceptors (Lipinski definition) is 3. The van der Waals surface area contributed by atoms with Gasteiger partial charge in [0, 0.05) is 6.42 Å². The predicted molar refractivity (Wildman–Crippen MR) is 65.1 cm³/mol. The third-order valence-electron chi connectivity index (χ3n) is 3.33.